The number of allylic oxidation sites excluding steroid dienone is 1. The van der Waals surface area contributed by atoms with Crippen LogP contribution in [0.3, 0.4) is 0 Å². The smallest absolute Gasteiger partial charge is 0.300 e. The number of rotatable bonds is 0. The maximum absolute atomic E-state index is 9.71. The topological polar surface area (TPSA) is 57.5 Å². The molecule has 0 aliphatic heterocycles. The van der Waals surface area contributed by atoms with Gasteiger partial charge in [-0.05, 0) is 30.9 Å². The van der Waals surface area contributed by atoms with Gasteiger partial charge in [-0.1, -0.05) is 24.3 Å². The lowest BCUT2D eigenvalue weighted by Gasteiger charge is -2.16. The van der Waals surface area contributed by atoms with Crippen LogP contribution in [0.2, 0.25) is 0 Å². The number of carboxylic acid groups (broad SMARTS) is 1. The van der Waals surface area contributed by atoms with Crippen LogP contribution >= 0.6 is 0 Å². The van der Waals surface area contributed by atoms with Gasteiger partial charge in [0.2, 0.25) is 0 Å². The summed E-state index contributed by atoms with van der Waals surface area (Å²) in [6.07, 6.45) is 2.05. The van der Waals surface area contributed by atoms with Gasteiger partial charge < -0.3 is 10.2 Å². The Hall–Kier alpha value is -1.77. The second kappa shape index (κ2) is 5.35. The summed E-state index contributed by atoms with van der Waals surface area (Å²) < 4.78 is 0. The number of aliphatic hydroxyl groups is 1. The van der Waals surface area contributed by atoms with E-state index in [1.165, 1.54) is 5.56 Å². The third-order valence-corrected chi connectivity index (χ3v) is 2.45. The Balaban J connectivity index is 0.000000280. The molecule has 3 heteroatoms. The summed E-state index contributed by atoms with van der Waals surface area (Å²) in [5.74, 6) is -0.350. The second-order valence-corrected chi connectivity index (χ2v) is 3.81. The van der Waals surface area contributed by atoms with E-state index in [0.29, 0.717) is 5.76 Å². The van der Waals surface area contributed by atoms with Crippen molar-refractivity contribution in [2.75, 3.05) is 0 Å². The molecule has 0 unspecified atom stereocenters. The lowest BCUT2D eigenvalue weighted by molar-refractivity contribution is -0.134. The number of benzene rings is 1. The summed E-state index contributed by atoms with van der Waals surface area (Å²) in [7, 11) is 0. The van der Waals surface area contributed by atoms with E-state index in [1.54, 1.807) is 0 Å². The minimum Gasteiger partial charge on any atom is -0.507 e. The van der Waals surface area contributed by atoms with Crippen LogP contribution in [-0.2, 0) is 11.2 Å². The van der Waals surface area contributed by atoms with Crippen LogP contribution in [0.15, 0.2) is 29.8 Å². The van der Waals surface area contributed by atoms with E-state index < -0.39 is 5.97 Å². The lowest BCUT2D eigenvalue weighted by Crippen LogP contribution is -2.02. The third kappa shape index (κ3) is 3.12. The third-order valence-electron chi connectivity index (χ3n) is 2.45. The first-order valence-corrected chi connectivity index (χ1v) is 5.19. The predicted octanol–water partition coefficient (Wildman–Crippen LogP) is 3.01. The van der Waals surface area contributed by atoms with Gasteiger partial charge in [0.05, 0.1) is 0 Å². The molecule has 0 heterocycles. The van der Waals surface area contributed by atoms with E-state index in [2.05, 4.69) is 6.07 Å². The molecular formula is C13H16O3. The highest BCUT2D eigenvalue weighted by Crippen LogP contribution is 2.28. The molecule has 0 aromatic heterocycles. The quantitative estimate of drug-likeness (QED) is 0.706. The highest BCUT2D eigenvalue weighted by atomic mass is 16.4. The van der Waals surface area contributed by atoms with Crippen molar-refractivity contribution in [1.82, 2.24) is 0 Å². The van der Waals surface area contributed by atoms with Gasteiger partial charge in [0.1, 0.15) is 5.76 Å². The molecular weight excluding hydrogens is 204 g/mol. The average Bonchev–Trinajstić information content (AvgIpc) is 2.23. The van der Waals surface area contributed by atoms with E-state index in [1.807, 2.05) is 25.1 Å². The van der Waals surface area contributed by atoms with Gasteiger partial charge in [0, 0.05) is 12.5 Å². The fraction of sp³-hybridized carbons (Fsp3) is 0.308. The zero-order valence-corrected chi connectivity index (χ0v) is 9.53. The molecule has 1 aliphatic rings. The fourth-order valence-electron chi connectivity index (χ4n) is 1.64. The van der Waals surface area contributed by atoms with Crippen LogP contribution in [0.25, 0.3) is 5.76 Å². The number of carboxylic acids is 1. The van der Waals surface area contributed by atoms with Gasteiger partial charge in [0.15, 0.2) is 0 Å². The summed E-state index contributed by atoms with van der Waals surface area (Å²) >= 11 is 0. The van der Waals surface area contributed by atoms with Gasteiger partial charge >= 0.3 is 0 Å². The summed E-state index contributed by atoms with van der Waals surface area (Å²) in [5, 5.41) is 17.1. The number of aryl methyl sites for hydroxylation is 1. The molecule has 2 N–H and O–H groups in total. The molecule has 2 rings (SSSR count). The molecule has 0 saturated heterocycles. The monoisotopic (exact) mass is 220 g/mol. The highest BCUT2D eigenvalue weighted by molar-refractivity contribution is 5.66. The van der Waals surface area contributed by atoms with E-state index >= 15 is 0 Å². The summed E-state index contributed by atoms with van der Waals surface area (Å²) in [6.45, 7) is 3.07. The van der Waals surface area contributed by atoms with Crippen molar-refractivity contribution >= 4 is 11.7 Å². The average molecular weight is 220 g/mol. The Morgan fingerprint density at radius 2 is 1.81 bits per heavy atom. The molecule has 0 atom stereocenters. The fourth-order valence-corrected chi connectivity index (χ4v) is 1.64. The van der Waals surface area contributed by atoms with Crippen LogP contribution in [0.5, 0.6) is 0 Å². The van der Waals surface area contributed by atoms with Gasteiger partial charge in [-0.3, -0.25) is 4.79 Å². The predicted molar refractivity (Wildman–Crippen MR) is 63.3 cm³/mol. The number of hydrogen-bond donors (Lipinski definition) is 2. The standard InChI is InChI=1S/C11H12O.C2H4O2/c1-8-6-7-9-4-2-3-5-10(9)11(8)12;1-2(3)4/h2-5,12H,6-7H2,1H3;1H3,(H,3,4). The molecule has 0 bridgehead atoms. The molecule has 1 aliphatic carbocycles. The van der Waals surface area contributed by atoms with Crippen molar-refractivity contribution in [2.24, 2.45) is 0 Å². The summed E-state index contributed by atoms with van der Waals surface area (Å²) in [4.78, 5) is 9.00. The molecule has 16 heavy (non-hydrogen) atoms. The SMILES string of the molecule is CC(=O)O.CC1=C(O)c2ccccc2CC1. The lowest BCUT2D eigenvalue weighted by atomic mass is 9.91. The van der Waals surface area contributed by atoms with Crippen LogP contribution in [0.1, 0.15) is 31.4 Å². The van der Waals surface area contributed by atoms with E-state index in [-0.39, 0.29) is 0 Å². The van der Waals surface area contributed by atoms with E-state index in [9.17, 15) is 5.11 Å². The normalized spacial score (nSPS) is 13.6. The van der Waals surface area contributed by atoms with Crippen molar-refractivity contribution < 1.29 is 15.0 Å². The number of carbonyl (C=O) groups is 1. The van der Waals surface area contributed by atoms with Gasteiger partial charge in [-0.2, -0.15) is 0 Å². The Morgan fingerprint density at radius 1 is 1.25 bits per heavy atom. The van der Waals surface area contributed by atoms with Gasteiger partial charge in [0.25, 0.3) is 5.97 Å². The maximum atomic E-state index is 9.71. The van der Waals surface area contributed by atoms with Gasteiger partial charge in [-0.15, -0.1) is 0 Å². The molecule has 0 radical (unpaired) electrons. The minimum atomic E-state index is -0.833. The molecule has 86 valence electrons. The first-order chi connectivity index (χ1) is 7.52. The first kappa shape index (κ1) is 12.3. The maximum Gasteiger partial charge on any atom is 0.300 e. The highest BCUT2D eigenvalue weighted by Gasteiger charge is 2.13. The Bertz CT molecular complexity index is 415. The van der Waals surface area contributed by atoms with Crippen LogP contribution in [0, 0.1) is 0 Å². The largest absolute Gasteiger partial charge is 0.507 e. The first-order valence-electron chi connectivity index (χ1n) is 5.19. The van der Waals surface area contributed by atoms with Crippen molar-refractivity contribution in [2.45, 2.75) is 26.7 Å². The number of aliphatic carboxylic acids is 1. The Labute approximate surface area is 95.0 Å². The van der Waals surface area contributed by atoms with Crippen LogP contribution in [-0.4, -0.2) is 16.2 Å². The van der Waals surface area contributed by atoms with Crippen LogP contribution in [0.4, 0.5) is 0 Å². The zero-order valence-electron chi connectivity index (χ0n) is 9.53. The number of fused-ring (bicyclic) bond motifs is 1. The molecule has 1 aromatic carbocycles. The summed E-state index contributed by atoms with van der Waals surface area (Å²) in [5.41, 5.74) is 3.38. The molecule has 1 aromatic rings. The molecule has 3 nitrogen and oxygen atoms in total. The van der Waals surface area contributed by atoms with E-state index in [4.69, 9.17) is 9.90 Å². The molecule has 0 amide bonds. The molecule has 0 spiro atoms. The van der Waals surface area contributed by atoms with Crippen LogP contribution < -0.4 is 0 Å². The van der Waals surface area contributed by atoms with Crippen molar-refractivity contribution in [1.29, 1.82) is 0 Å². The number of hydrogen-bond acceptors (Lipinski definition) is 2. The molecule has 0 fully saturated rings. The van der Waals surface area contributed by atoms with Crippen molar-refractivity contribution in [3.8, 4) is 0 Å². The minimum absolute atomic E-state index is 0.483. The Kier molecular flexibility index (Phi) is 4.11. The summed E-state index contributed by atoms with van der Waals surface area (Å²) in [6, 6.07) is 8.05. The van der Waals surface area contributed by atoms with Gasteiger partial charge in [-0.25, -0.2) is 0 Å². The zero-order chi connectivity index (χ0) is 12.1. The second-order valence-electron chi connectivity index (χ2n) is 3.81. The van der Waals surface area contributed by atoms with Crippen molar-refractivity contribution in [3.05, 3.63) is 41.0 Å². The Morgan fingerprint density at radius 3 is 2.44 bits per heavy atom. The van der Waals surface area contributed by atoms with E-state index in [0.717, 1.165) is 30.9 Å². The molecule has 0 saturated carbocycles. The van der Waals surface area contributed by atoms with Crippen molar-refractivity contribution in [3.63, 3.8) is 0 Å². The number of aliphatic hydroxyl groups excluding tert-OH is 1.